The molecule has 1 aromatic carbocycles. The lowest BCUT2D eigenvalue weighted by Crippen LogP contribution is -2.36. The number of hydrogen-bond acceptors (Lipinski definition) is 4. The van der Waals surface area contributed by atoms with Gasteiger partial charge in [-0.25, -0.2) is 4.79 Å². The Kier molecular flexibility index (Phi) is 6.03. The summed E-state index contributed by atoms with van der Waals surface area (Å²) in [4.78, 5) is 14.3. The van der Waals surface area contributed by atoms with E-state index >= 15 is 0 Å². The first-order chi connectivity index (χ1) is 12.2. The molecule has 0 unspecified atom stereocenters. The summed E-state index contributed by atoms with van der Waals surface area (Å²) in [7, 11) is 0. The molecule has 1 aliphatic heterocycles. The highest BCUT2D eigenvalue weighted by Crippen LogP contribution is 2.16. The largest absolute Gasteiger partial charge is 0.393 e. The van der Waals surface area contributed by atoms with Crippen LogP contribution in [0.3, 0.4) is 0 Å². The topological polar surface area (TPSA) is 93.3 Å². The van der Waals surface area contributed by atoms with Gasteiger partial charge in [-0.3, -0.25) is 10.00 Å². The van der Waals surface area contributed by atoms with Crippen LogP contribution in [0.5, 0.6) is 0 Å². The molecule has 0 aliphatic carbocycles. The molecule has 1 fully saturated rings. The molecule has 0 bridgehead atoms. The quantitative estimate of drug-likeness (QED) is 0.637. The van der Waals surface area contributed by atoms with Crippen molar-refractivity contribution in [3.8, 4) is 0 Å². The summed E-state index contributed by atoms with van der Waals surface area (Å²) in [5, 5.41) is 22.0. The fourth-order valence-electron chi connectivity index (χ4n) is 3.00. The molecule has 4 N–H and O–H groups in total. The number of carbonyl (C=O) groups excluding carboxylic acids is 1. The zero-order chi connectivity index (χ0) is 17.5. The molecule has 0 atom stereocenters. The van der Waals surface area contributed by atoms with Crippen molar-refractivity contribution in [3.63, 3.8) is 0 Å². The van der Waals surface area contributed by atoms with Gasteiger partial charge in [0.05, 0.1) is 18.3 Å². The van der Waals surface area contributed by atoms with E-state index in [0.717, 1.165) is 43.7 Å². The molecule has 25 heavy (non-hydrogen) atoms. The summed E-state index contributed by atoms with van der Waals surface area (Å²) in [5.74, 6) is 0. The number of hydrogen-bond donors (Lipinski definition) is 4. The van der Waals surface area contributed by atoms with E-state index in [0.29, 0.717) is 13.1 Å². The van der Waals surface area contributed by atoms with Gasteiger partial charge in [-0.2, -0.15) is 5.10 Å². The Hall–Kier alpha value is -2.38. The van der Waals surface area contributed by atoms with Gasteiger partial charge >= 0.3 is 6.03 Å². The Morgan fingerprint density at radius 3 is 2.60 bits per heavy atom. The summed E-state index contributed by atoms with van der Waals surface area (Å²) < 4.78 is 0. The van der Waals surface area contributed by atoms with E-state index in [-0.39, 0.29) is 12.1 Å². The van der Waals surface area contributed by atoms with E-state index in [1.807, 2.05) is 24.3 Å². The zero-order valence-electron chi connectivity index (χ0n) is 14.2. The van der Waals surface area contributed by atoms with Gasteiger partial charge in [0.15, 0.2) is 0 Å². The fourth-order valence-corrected chi connectivity index (χ4v) is 3.00. The van der Waals surface area contributed by atoms with Crippen LogP contribution in [-0.4, -0.2) is 45.4 Å². The number of nitrogens with one attached hydrogen (secondary N) is 3. The monoisotopic (exact) mass is 343 g/mol. The SMILES string of the molecule is O=C(NCc1ccn[nH]1)NCc1ccccc1CN1CCC(O)CC1. The summed E-state index contributed by atoms with van der Waals surface area (Å²) in [6.45, 7) is 3.58. The van der Waals surface area contributed by atoms with Crippen LogP contribution in [0, 0.1) is 0 Å². The number of aliphatic hydroxyl groups is 1. The fraction of sp³-hybridized carbons (Fsp3) is 0.444. The predicted octanol–water partition coefficient (Wildman–Crippen LogP) is 1.37. The van der Waals surface area contributed by atoms with Crippen molar-refractivity contribution < 1.29 is 9.90 Å². The van der Waals surface area contributed by atoms with Crippen LogP contribution in [0.15, 0.2) is 36.5 Å². The number of aromatic nitrogens is 2. The third kappa shape index (κ3) is 5.30. The van der Waals surface area contributed by atoms with Crippen LogP contribution in [0.2, 0.25) is 0 Å². The second kappa shape index (κ2) is 8.64. The molecule has 1 aromatic heterocycles. The average Bonchev–Trinajstić information content (AvgIpc) is 3.15. The summed E-state index contributed by atoms with van der Waals surface area (Å²) >= 11 is 0. The Labute approximate surface area is 147 Å². The zero-order valence-corrected chi connectivity index (χ0v) is 14.2. The molecule has 2 aromatic rings. The van der Waals surface area contributed by atoms with Crippen LogP contribution in [0.4, 0.5) is 4.79 Å². The first-order valence-corrected chi connectivity index (χ1v) is 8.68. The van der Waals surface area contributed by atoms with Crippen LogP contribution >= 0.6 is 0 Å². The van der Waals surface area contributed by atoms with E-state index in [1.54, 1.807) is 6.20 Å². The third-order valence-electron chi connectivity index (χ3n) is 4.51. The normalized spacial score (nSPS) is 15.9. The maximum absolute atomic E-state index is 12.0. The molecular weight excluding hydrogens is 318 g/mol. The minimum Gasteiger partial charge on any atom is -0.393 e. The summed E-state index contributed by atoms with van der Waals surface area (Å²) in [6, 6.07) is 9.78. The van der Waals surface area contributed by atoms with Crippen LogP contribution in [0.25, 0.3) is 0 Å². The lowest BCUT2D eigenvalue weighted by atomic mass is 10.0. The Bertz CT molecular complexity index is 666. The van der Waals surface area contributed by atoms with Crippen LogP contribution in [0.1, 0.15) is 29.7 Å². The summed E-state index contributed by atoms with van der Waals surface area (Å²) in [6.07, 6.45) is 3.16. The number of urea groups is 1. The highest BCUT2D eigenvalue weighted by Gasteiger charge is 2.17. The number of piperidine rings is 1. The number of rotatable bonds is 6. The van der Waals surface area contributed by atoms with Crippen molar-refractivity contribution in [2.24, 2.45) is 0 Å². The van der Waals surface area contributed by atoms with Crippen molar-refractivity contribution in [1.82, 2.24) is 25.7 Å². The van der Waals surface area contributed by atoms with Gasteiger partial charge in [0.2, 0.25) is 0 Å². The van der Waals surface area contributed by atoms with Crippen molar-refractivity contribution in [2.45, 2.75) is 38.6 Å². The van der Waals surface area contributed by atoms with Crippen molar-refractivity contribution in [3.05, 3.63) is 53.3 Å². The van der Waals surface area contributed by atoms with E-state index in [1.165, 1.54) is 5.56 Å². The highest BCUT2D eigenvalue weighted by atomic mass is 16.3. The molecule has 0 radical (unpaired) electrons. The lowest BCUT2D eigenvalue weighted by Gasteiger charge is -2.30. The van der Waals surface area contributed by atoms with Gasteiger partial charge in [-0.15, -0.1) is 0 Å². The van der Waals surface area contributed by atoms with E-state index in [2.05, 4.69) is 31.8 Å². The number of aromatic amines is 1. The molecule has 0 saturated carbocycles. The number of aliphatic hydroxyl groups excluding tert-OH is 1. The highest BCUT2D eigenvalue weighted by molar-refractivity contribution is 5.73. The molecule has 1 saturated heterocycles. The minimum atomic E-state index is -0.203. The van der Waals surface area contributed by atoms with Gasteiger partial charge in [0.25, 0.3) is 0 Å². The van der Waals surface area contributed by atoms with Gasteiger partial charge in [0, 0.05) is 32.4 Å². The average molecular weight is 343 g/mol. The van der Waals surface area contributed by atoms with Gasteiger partial charge < -0.3 is 15.7 Å². The first-order valence-electron chi connectivity index (χ1n) is 8.68. The predicted molar refractivity (Wildman–Crippen MR) is 94.6 cm³/mol. The Morgan fingerprint density at radius 1 is 1.16 bits per heavy atom. The molecule has 2 amide bonds. The second-order valence-electron chi connectivity index (χ2n) is 6.39. The number of H-pyrrole nitrogens is 1. The Balaban J connectivity index is 1.49. The van der Waals surface area contributed by atoms with Crippen molar-refractivity contribution in [2.75, 3.05) is 13.1 Å². The standard InChI is InChI=1S/C18H25N5O2/c24-17-6-9-23(10-7-17)13-15-4-2-1-3-14(15)11-19-18(25)20-12-16-5-8-21-22-16/h1-5,8,17,24H,6-7,9-13H2,(H,21,22)(H2,19,20,25). The second-order valence-corrected chi connectivity index (χ2v) is 6.39. The van der Waals surface area contributed by atoms with Gasteiger partial charge in [-0.05, 0) is 30.0 Å². The molecule has 3 rings (SSSR count). The van der Waals surface area contributed by atoms with Gasteiger partial charge in [0.1, 0.15) is 0 Å². The lowest BCUT2D eigenvalue weighted by molar-refractivity contribution is 0.0791. The number of amides is 2. The van der Waals surface area contributed by atoms with E-state index in [4.69, 9.17) is 0 Å². The van der Waals surface area contributed by atoms with Crippen molar-refractivity contribution in [1.29, 1.82) is 0 Å². The van der Waals surface area contributed by atoms with Crippen LogP contribution < -0.4 is 10.6 Å². The van der Waals surface area contributed by atoms with Crippen molar-refractivity contribution >= 4 is 6.03 Å². The molecule has 0 spiro atoms. The Morgan fingerprint density at radius 2 is 1.88 bits per heavy atom. The molecule has 7 heteroatoms. The third-order valence-corrected chi connectivity index (χ3v) is 4.51. The maximum atomic E-state index is 12.0. The molecule has 134 valence electrons. The number of carbonyl (C=O) groups is 1. The number of benzene rings is 1. The van der Waals surface area contributed by atoms with Gasteiger partial charge in [-0.1, -0.05) is 24.3 Å². The van der Waals surface area contributed by atoms with E-state index in [9.17, 15) is 9.90 Å². The molecular formula is C18H25N5O2. The smallest absolute Gasteiger partial charge is 0.315 e. The van der Waals surface area contributed by atoms with Crippen LogP contribution in [-0.2, 0) is 19.6 Å². The molecule has 2 heterocycles. The minimum absolute atomic E-state index is 0.160. The van der Waals surface area contributed by atoms with E-state index < -0.39 is 0 Å². The number of nitrogens with zero attached hydrogens (tertiary/aromatic N) is 2. The molecule has 7 nitrogen and oxygen atoms in total. The number of likely N-dealkylation sites (tertiary alicyclic amines) is 1. The maximum Gasteiger partial charge on any atom is 0.315 e. The molecule has 1 aliphatic rings. The first kappa shape index (κ1) is 17.4. The summed E-state index contributed by atoms with van der Waals surface area (Å²) in [5.41, 5.74) is 3.20.